The van der Waals surface area contributed by atoms with Gasteiger partial charge in [0.25, 0.3) is 0 Å². The van der Waals surface area contributed by atoms with Crippen LogP contribution in [0.5, 0.6) is 0 Å². The van der Waals surface area contributed by atoms with Crippen LogP contribution in [0, 0.1) is 0 Å². The number of benzene rings is 1. The molecule has 0 aliphatic carbocycles. The molecule has 2 nitrogen and oxygen atoms in total. The maximum Gasteiger partial charge on any atom is 0.406 e. The van der Waals surface area contributed by atoms with E-state index in [-0.39, 0.29) is 5.52 Å². The molecule has 0 saturated carbocycles. The molecule has 0 N–H and O–H groups in total. The van der Waals surface area contributed by atoms with Gasteiger partial charge < -0.3 is 0 Å². The molecule has 0 fully saturated rings. The average molecular weight is 574 g/mol. The quantitative estimate of drug-likeness (QED) is 0.0705. The van der Waals surface area contributed by atoms with Crippen molar-refractivity contribution in [2.24, 2.45) is 0 Å². The largest absolute Gasteiger partial charge is 0.406 e. The first kappa shape index (κ1) is 37.0. The second-order valence-electron chi connectivity index (χ2n) is 12.4. The number of aryl methyl sites for hydroxylation is 3. The van der Waals surface area contributed by atoms with Crippen LogP contribution in [0.15, 0.2) is 12.1 Å². The molecule has 0 aliphatic heterocycles. The molecule has 0 saturated heterocycles. The lowest BCUT2D eigenvalue weighted by Gasteiger charge is -2.14. The summed E-state index contributed by atoms with van der Waals surface area (Å²) >= 11 is 0. The second-order valence-corrected chi connectivity index (χ2v) is 13.1. The van der Waals surface area contributed by atoms with Crippen LogP contribution in [0.25, 0.3) is 0 Å². The van der Waals surface area contributed by atoms with Crippen molar-refractivity contribution in [2.45, 2.75) is 194 Å². The lowest BCUT2D eigenvalue weighted by molar-refractivity contribution is 0.108. The first-order valence-electron chi connectivity index (χ1n) is 17.7. The highest BCUT2D eigenvalue weighted by molar-refractivity contribution is 7.47. The zero-order valence-electron chi connectivity index (χ0n) is 27.1. The normalized spacial score (nSPS) is 11.5. The van der Waals surface area contributed by atoms with Gasteiger partial charge in [-0.05, 0) is 55.2 Å². The van der Waals surface area contributed by atoms with E-state index in [4.69, 9.17) is 0 Å². The van der Waals surface area contributed by atoms with Gasteiger partial charge in [-0.3, -0.25) is 0 Å². The van der Waals surface area contributed by atoms with E-state index in [0.29, 0.717) is 0 Å². The van der Waals surface area contributed by atoms with Gasteiger partial charge in [0.05, 0.1) is 5.56 Å². The van der Waals surface area contributed by atoms with Gasteiger partial charge >= 0.3 is 14.0 Å². The second kappa shape index (κ2) is 26.9. The van der Waals surface area contributed by atoms with Crippen LogP contribution in [-0.4, -0.2) is 5.52 Å². The predicted octanol–water partition coefficient (Wildman–Crippen LogP) is 12.9. The number of carbonyl (C=O) groups is 1. The number of rotatable bonds is 29. The van der Waals surface area contributed by atoms with E-state index in [9.17, 15) is 9.36 Å². The summed E-state index contributed by atoms with van der Waals surface area (Å²) < 4.78 is 11.8. The first-order chi connectivity index (χ1) is 19.7. The highest BCUT2D eigenvalue weighted by atomic mass is 31.1. The fourth-order valence-corrected chi connectivity index (χ4v) is 6.51. The summed E-state index contributed by atoms with van der Waals surface area (Å²) in [7, 11) is -0.880. The van der Waals surface area contributed by atoms with E-state index in [1.807, 2.05) is 0 Å². The molecule has 1 atom stereocenters. The Hall–Kier alpha value is -1.01. The maximum absolute atomic E-state index is 12.9. The third kappa shape index (κ3) is 18.4. The van der Waals surface area contributed by atoms with E-state index < -0.39 is 8.46 Å². The average Bonchev–Trinajstić information content (AvgIpc) is 2.96. The van der Waals surface area contributed by atoms with E-state index >= 15 is 0 Å². The molecule has 3 heteroatoms. The highest BCUT2D eigenvalue weighted by Crippen LogP contribution is 2.27. The molecule has 1 unspecified atom stereocenters. The first-order valence-corrected chi connectivity index (χ1v) is 18.7. The van der Waals surface area contributed by atoms with Crippen LogP contribution in [0.3, 0.4) is 0 Å². The molecule has 40 heavy (non-hydrogen) atoms. The molecule has 230 valence electrons. The van der Waals surface area contributed by atoms with Gasteiger partial charge in [-0.2, -0.15) is 0 Å². The minimum Gasteiger partial charge on any atom is -0.234 e. The Kier molecular flexibility index (Phi) is 24.9. The van der Waals surface area contributed by atoms with Crippen molar-refractivity contribution < 1.29 is 9.36 Å². The van der Waals surface area contributed by atoms with Crippen molar-refractivity contribution in [3.8, 4) is 0 Å². The summed E-state index contributed by atoms with van der Waals surface area (Å²) in [6.45, 7) is 6.82. The lowest BCUT2D eigenvalue weighted by atomic mass is 9.90. The van der Waals surface area contributed by atoms with E-state index in [2.05, 4.69) is 32.9 Å². The molecule has 0 heterocycles. The van der Waals surface area contributed by atoms with E-state index in [1.165, 1.54) is 158 Å². The van der Waals surface area contributed by atoms with Gasteiger partial charge in [0.15, 0.2) is 0 Å². The Morgan fingerprint density at radius 3 is 1.10 bits per heavy atom. The van der Waals surface area contributed by atoms with Gasteiger partial charge in [0.2, 0.25) is 0 Å². The molecule has 0 bridgehead atoms. The van der Waals surface area contributed by atoms with Gasteiger partial charge in [-0.1, -0.05) is 172 Å². The Balaban J connectivity index is 2.77. The van der Waals surface area contributed by atoms with Crippen LogP contribution >= 0.6 is 8.46 Å². The smallest absolute Gasteiger partial charge is 0.234 e. The summed E-state index contributed by atoms with van der Waals surface area (Å²) in [6.07, 6.45) is 34.4. The van der Waals surface area contributed by atoms with Crippen molar-refractivity contribution in [3.63, 3.8) is 0 Å². The summed E-state index contributed by atoms with van der Waals surface area (Å²) in [5, 5.41) is 0. The topological polar surface area (TPSA) is 34.1 Å². The van der Waals surface area contributed by atoms with Crippen LogP contribution in [-0.2, 0) is 23.8 Å². The summed E-state index contributed by atoms with van der Waals surface area (Å²) in [6, 6.07) is 4.63. The Morgan fingerprint density at radius 2 is 0.775 bits per heavy atom. The number of hydrogen-bond donors (Lipinski definition) is 0. The Labute approximate surface area is 251 Å². The maximum atomic E-state index is 12.9. The number of carbonyl (C=O) groups excluding carboxylic acids is 1. The van der Waals surface area contributed by atoms with Crippen molar-refractivity contribution >= 4 is 14.0 Å². The standard InChI is InChI=1S/C37H65O2P/c1-4-7-10-13-16-19-22-25-28-33-31-34(29-26-23-20-17-14-11-8-5-2)36(37(38)40-39)35(32-33)30-27-24-21-18-15-12-9-6-3/h31-32H,4-30H2,1-3H3/p+1. The molecule has 0 radical (unpaired) electrons. The van der Waals surface area contributed by atoms with Gasteiger partial charge in [-0.25, -0.2) is 4.79 Å². The Bertz CT molecular complexity index is 716. The third-order valence-electron chi connectivity index (χ3n) is 8.60. The summed E-state index contributed by atoms with van der Waals surface area (Å²) in [5.74, 6) is 0. The monoisotopic (exact) mass is 573 g/mol. The molecule has 0 aliphatic rings. The fraction of sp³-hybridized carbons (Fsp3) is 0.811. The molecule has 1 rings (SSSR count). The molecular formula is C37H66O2P+. The van der Waals surface area contributed by atoms with Gasteiger partial charge in [0.1, 0.15) is 0 Å². The highest BCUT2D eigenvalue weighted by Gasteiger charge is 2.23. The van der Waals surface area contributed by atoms with Crippen molar-refractivity contribution in [1.29, 1.82) is 0 Å². The molecule has 1 aromatic rings. The molecule has 0 amide bonds. The van der Waals surface area contributed by atoms with Gasteiger partial charge in [-0.15, -0.1) is 0 Å². The Morgan fingerprint density at radius 1 is 0.475 bits per heavy atom. The summed E-state index contributed by atoms with van der Waals surface area (Å²) in [5.41, 5.74) is 4.44. The molecule has 0 spiro atoms. The molecule has 0 aromatic heterocycles. The number of unbranched alkanes of at least 4 members (excludes halogenated alkanes) is 21. The van der Waals surface area contributed by atoms with Crippen molar-refractivity contribution in [3.05, 3.63) is 34.4 Å². The predicted molar refractivity (Wildman–Crippen MR) is 179 cm³/mol. The minimum atomic E-state index is -0.880. The fourth-order valence-electron chi connectivity index (χ4n) is 6.08. The summed E-state index contributed by atoms with van der Waals surface area (Å²) in [4.78, 5) is 12.9. The van der Waals surface area contributed by atoms with Crippen LogP contribution in [0.2, 0.25) is 0 Å². The zero-order chi connectivity index (χ0) is 29.1. The molecule has 1 aromatic carbocycles. The van der Waals surface area contributed by atoms with Crippen LogP contribution in [0.4, 0.5) is 0 Å². The third-order valence-corrected chi connectivity index (χ3v) is 9.03. The van der Waals surface area contributed by atoms with E-state index in [0.717, 1.165) is 37.7 Å². The van der Waals surface area contributed by atoms with Crippen molar-refractivity contribution in [1.82, 2.24) is 0 Å². The zero-order valence-corrected chi connectivity index (χ0v) is 28.1. The van der Waals surface area contributed by atoms with Crippen LogP contribution < -0.4 is 0 Å². The van der Waals surface area contributed by atoms with Gasteiger partial charge in [0, 0.05) is 0 Å². The molecular weight excluding hydrogens is 507 g/mol. The SMILES string of the molecule is CCCCCCCCCCc1cc(CCCCCCCCCC)c(C(=O)[PH+]=O)c(CCCCCCCCCC)c1. The van der Waals surface area contributed by atoms with Crippen LogP contribution in [0.1, 0.15) is 202 Å². The minimum absolute atomic E-state index is 0.150. The number of hydrogen-bond acceptors (Lipinski definition) is 2. The van der Waals surface area contributed by atoms with Crippen molar-refractivity contribution in [2.75, 3.05) is 0 Å². The van der Waals surface area contributed by atoms with E-state index in [1.54, 1.807) is 0 Å². The lowest BCUT2D eigenvalue weighted by Crippen LogP contribution is -2.07.